The molecule has 4 rings (SSSR count). The van der Waals surface area contributed by atoms with E-state index in [1.807, 2.05) is 12.1 Å². The fraction of sp³-hybridized carbons (Fsp3) is 0.208. The van der Waals surface area contributed by atoms with Crippen molar-refractivity contribution < 1.29 is 4.79 Å². The molecular formula is C24H24N2O. The minimum absolute atomic E-state index is 0.386. The topological polar surface area (TPSA) is 48.0 Å². The number of carbonyl (C=O) groups excluding carboxylic acids is 1. The first kappa shape index (κ1) is 17.3. The van der Waals surface area contributed by atoms with E-state index in [0.29, 0.717) is 11.5 Å². The van der Waals surface area contributed by atoms with Crippen molar-refractivity contribution >= 4 is 27.7 Å². The Morgan fingerprint density at radius 1 is 1.00 bits per heavy atom. The number of aromatic nitrogens is 1. The molecule has 0 radical (unpaired) electrons. The highest BCUT2D eigenvalue weighted by molar-refractivity contribution is 6.18. The second kappa shape index (κ2) is 6.58. The van der Waals surface area contributed by atoms with Crippen LogP contribution in [0.15, 0.2) is 60.7 Å². The Bertz CT molecular complexity index is 1170. The van der Waals surface area contributed by atoms with E-state index >= 15 is 0 Å². The van der Waals surface area contributed by atoms with Crippen LogP contribution in [0.25, 0.3) is 21.8 Å². The van der Waals surface area contributed by atoms with Gasteiger partial charge in [-0.15, -0.1) is 0 Å². The molecule has 3 aromatic carbocycles. The SMILES string of the molecule is Cc1ccccc1Cn1c2cc(C(C)C)ccc2c2c(C(N)=O)cccc21. The lowest BCUT2D eigenvalue weighted by molar-refractivity contribution is 0.100. The molecule has 0 aliphatic rings. The summed E-state index contributed by atoms with van der Waals surface area (Å²) in [6, 6.07) is 20.8. The van der Waals surface area contributed by atoms with Crippen molar-refractivity contribution in [3.8, 4) is 0 Å². The number of rotatable bonds is 4. The van der Waals surface area contributed by atoms with Gasteiger partial charge in [-0.1, -0.05) is 56.3 Å². The van der Waals surface area contributed by atoms with Crippen molar-refractivity contribution in [2.45, 2.75) is 33.2 Å². The van der Waals surface area contributed by atoms with Crippen LogP contribution in [0.3, 0.4) is 0 Å². The fourth-order valence-electron chi connectivity index (χ4n) is 3.85. The molecule has 0 atom stereocenters. The molecule has 0 unspecified atom stereocenters. The molecule has 1 amide bonds. The maximum Gasteiger partial charge on any atom is 0.249 e. The lowest BCUT2D eigenvalue weighted by Gasteiger charge is -2.12. The van der Waals surface area contributed by atoms with E-state index in [-0.39, 0.29) is 5.91 Å². The molecule has 0 saturated heterocycles. The van der Waals surface area contributed by atoms with E-state index in [4.69, 9.17) is 5.73 Å². The number of aryl methyl sites for hydroxylation is 1. The van der Waals surface area contributed by atoms with Gasteiger partial charge in [-0.2, -0.15) is 0 Å². The van der Waals surface area contributed by atoms with Crippen LogP contribution in [-0.2, 0) is 6.54 Å². The van der Waals surface area contributed by atoms with E-state index in [2.05, 4.69) is 73.9 Å². The zero-order valence-electron chi connectivity index (χ0n) is 16.0. The predicted octanol–water partition coefficient (Wildman–Crippen LogP) is 5.37. The molecule has 0 saturated carbocycles. The molecule has 4 aromatic rings. The Labute approximate surface area is 159 Å². The third kappa shape index (κ3) is 2.89. The zero-order chi connectivity index (χ0) is 19.1. The first-order valence-electron chi connectivity index (χ1n) is 9.36. The fourth-order valence-corrected chi connectivity index (χ4v) is 3.85. The van der Waals surface area contributed by atoms with Crippen LogP contribution in [0.4, 0.5) is 0 Å². The van der Waals surface area contributed by atoms with Gasteiger partial charge in [0.05, 0.1) is 5.52 Å². The molecular weight excluding hydrogens is 332 g/mol. The second-order valence-corrected chi connectivity index (χ2v) is 7.51. The lowest BCUT2D eigenvalue weighted by Crippen LogP contribution is -2.11. The zero-order valence-corrected chi connectivity index (χ0v) is 16.0. The van der Waals surface area contributed by atoms with Gasteiger partial charge in [-0.3, -0.25) is 4.79 Å². The molecule has 1 heterocycles. The second-order valence-electron chi connectivity index (χ2n) is 7.51. The molecule has 1 aromatic heterocycles. The van der Waals surface area contributed by atoms with Crippen molar-refractivity contribution in [1.29, 1.82) is 0 Å². The molecule has 3 nitrogen and oxygen atoms in total. The number of hydrogen-bond acceptors (Lipinski definition) is 1. The Morgan fingerprint density at radius 3 is 2.48 bits per heavy atom. The summed E-state index contributed by atoms with van der Waals surface area (Å²) < 4.78 is 2.31. The smallest absolute Gasteiger partial charge is 0.249 e. The van der Waals surface area contributed by atoms with Gasteiger partial charge in [0.2, 0.25) is 5.91 Å². The van der Waals surface area contributed by atoms with Crippen LogP contribution in [-0.4, -0.2) is 10.5 Å². The molecule has 0 aliphatic carbocycles. The summed E-state index contributed by atoms with van der Waals surface area (Å²) in [5, 5.41) is 2.03. The van der Waals surface area contributed by atoms with Gasteiger partial charge in [0.1, 0.15) is 0 Å². The lowest BCUT2D eigenvalue weighted by atomic mass is 10.00. The third-order valence-corrected chi connectivity index (χ3v) is 5.44. The number of carbonyl (C=O) groups is 1. The minimum atomic E-state index is -0.386. The average molecular weight is 356 g/mol. The van der Waals surface area contributed by atoms with Gasteiger partial charge >= 0.3 is 0 Å². The normalized spacial score (nSPS) is 11.6. The number of nitrogens with two attached hydrogens (primary N) is 1. The first-order chi connectivity index (χ1) is 13.0. The monoisotopic (exact) mass is 356 g/mol. The molecule has 0 spiro atoms. The molecule has 3 heteroatoms. The number of primary amides is 1. The number of nitrogens with zero attached hydrogens (tertiary/aromatic N) is 1. The van der Waals surface area contributed by atoms with Crippen LogP contribution in [0.5, 0.6) is 0 Å². The first-order valence-corrected chi connectivity index (χ1v) is 9.36. The Morgan fingerprint density at radius 2 is 1.78 bits per heavy atom. The maximum atomic E-state index is 12.1. The summed E-state index contributed by atoms with van der Waals surface area (Å²) in [6.07, 6.45) is 0. The predicted molar refractivity (Wildman–Crippen MR) is 112 cm³/mol. The van der Waals surface area contributed by atoms with E-state index in [0.717, 1.165) is 28.4 Å². The summed E-state index contributed by atoms with van der Waals surface area (Å²) in [5.41, 5.74) is 12.3. The van der Waals surface area contributed by atoms with Crippen molar-refractivity contribution in [1.82, 2.24) is 4.57 Å². The van der Waals surface area contributed by atoms with E-state index < -0.39 is 0 Å². The Kier molecular flexibility index (Phi) is 4.23. The van der Waals surface area contributed by atoms with Crippen molar-refractivity contribution in [3.63, 3.8) is 0 Å². The van der Waals surface area contributed by atoms with Gasteiger partial charge in [-0.05, 0) is 47.7 Å². The van der Waals surface area contributed by atoms with Gasteiger partial charge in [0.15, 0.2) is 0 Å². The molecule has 0 fully saturated rings. The van der Waals surface area contributed by atoms with E-state index in [1.54, 1.807) is 0 Å². The summed E-state index contributed by atoms with van der Waals surface area (Å²) in [7, 11) is 0. The van der Waals surface area contributed by atoms with Gasteiger partial charge in [-0.25, -0.2) is 0 Å². The highest BCUT2D eigenvalue weighted by Crippen LogP contribution is 2.34. The summed E-state index contributed by atoms with van der Waals surface area (Å²) in [4.78, 5) is 12.1. The molecule has 136 valence electrons. The number of amides is 1. The standard InChI is InChI=1S/C24H24N2O/c1-15(2)17-11-12-19-22(13-17)26(14-18-8-5-4-7-16(18)3)21-10-6-9-20(23(19)21)24(25)27/h4-13,15H,14H2,1-3H3,(H2,25,27). The van der Waals surface area contributed by atoms with Gasteiger partial charge in [0.25, 0.3) is 0 Å². The highest BCUT2D eigenvalue weighted by atomic mass is 16.1. The quantitative estimate of drug-likeness (QED) is 0.525. The molecule has 27 heavy (non-hydrogen) atoms. The van der Waals surface area contributed by atoms with Crippen molar-refractivity contribution in [2.75, 3.05) is 0 Å². The molecule has 0 bridgehead atoms. The van der Waals surface area contributed by atoms with Crippen LogP contribution in [0.2, 0.25) is 0 Å². The van der Waals surface area contributed by atoms with Crippen LogP contribution >= 0.6 is 0 Å². The van der Waals surface area contributed by atoms with Crippen molar-refractivity contribution in [3.05, 3.63) is 82.9 Å². The number of hydrogen-bond donors (Lipinski definition) is 1. The molecule has 2 N–H and O–H groups in total. The largest absolute Gasteiger partial charge is 0.366 e. The third-order valence-electron chi connectivity index (χ3n) is 5.44. The van der Waals surface area contributed by atoms with Crippen molar-refractivity contribution in [2.24, 2.45) is 5.73 Å². The summed E-state index contributed by atoms with van der Waals surface area (Å²) in [6.45, 7) is 7.29. The number of fused-ring (bicyclic) bond motifs is 3. The Balaban J connectivity index is 2.07. The van der Waals surface area contributed by atoms with E-state index in [9.17, 15) is 4.79 Å². The van der Waals surface area contributed by atoms with Crippen LogP contribution < -0.4 is 5.73 Å². The minimum Gasteiger partial charge on any atom is -0.366 e. The van der Waals surface area contributed by atoms with Crippen LogP contribution in [0, 0.1) is 6.92 Å². The average Bonchev–Trinajstić information content (AvgIpc) is 2.96. The number of benzene rings is 3. The summed E-state index contributed by atoms with van der Waals surface area (Å²) >= 11 is 0. The van der Waals surface area contributed by atoms with Crippen LogP contribution in [0.1, 0.15) is 46.8 Å². The molecule has 0 aliphatic heterocycles. The Hall–Kier alpha value is -3.07. The summed E-state index contributed by atoms with van der Waals surface area (Å²) in [5.74, 6) is 0.0541. The maximum absolute atomic E-state index is 12.1. The van der Waals surface area contributed by atoms with Gasteiger partial charge < -0.3 is 10.3 Å². The van der Waals surface area contributed by atoms with E-state index in [1.165, 1.54) is 16.7 Å². The highest BCUT2D eigenvalue weighted by Gasteiger charge is 2.17. The van der Waals surface area contributed by atoms with Gasteiger partial charge in [0, 0.05) is 28.4 Å².